The molecule has 0 fully saturated rings. The van der Waals surface area contributed by atoms with Gasteiger partial charge in [-0.3, -0.25) is 4.79 Å². The van der Waals surface area contributed by atoms with Gasteiger partial charge in [0.05, 0.1) is 18.2 Å². The monoisotopic (exact) mass is 368 g/mol. The van der Waals surface area contributed by atoms with E-state index in [4.69, 9.17) is 16.2 Å². The molecule has 0 aromatic heterocycles. The third-order valence-electron chi connectivity index (χ3n) is 4.13. The molecule has 0 aliphatic heterocycles. The number of rotatable bonds is 10. The molecular formula is C18H26F2N4O2. The molecule has 0 aliphatic carbocycles. The van der Waals surface area contributed by atoms with Gasteiger partial charge in [-0.1, -0.05) is 13.8 Å². The van der Waals surface area contributed by atoms with Gasteiger partial charge in [0.25, 0.3) is 0 Å². The highest BCUT2D eigenvalue weighted by Gasteiger charge is 2.19. The summed E-state index contributed by atoms with van der Waals surface area (Å²) < 4.78 is 33.2. The number of amides is 1. The van der Waals surface area contributed by atoms with Crippen LogP contribution in [0.1, 0.15) is 45.1 Å². The van der Waals surface area contributed by atoms with E-state index in [0.29, 0.717) is 25.0 Å². The molecule has 6 nitrogen and oxygen atoms in total. The van der Waals surface area contributed by atoms with E-state index in [9.17, 15) is 13.6 Å². The van der Waals surface area contributed by atoms with Crippen molar-refractivity contribution in [3.05, 3.63) is 29.3 Å². The van der Waals surface area contributed by atoms with Gasteiger partial charge in [-0.25, -0.2) is 8.78 Å². The third-order valence-corrected chi connectivity index (χ3v) is 4.13. The Labute approximate surface area is 152 Å². The van der Waals surface area contributed by atoms with Gasteiger partial charge >= 0.3 is 0 Å². The molecule has 0 saturated carbocycles. The second-order valence-electron chi connectivity index (χ2n) is 6.11. The fourth-order valence-corrected chi connectivity index (χ4v) is 2.45. The topological polar surface area (TPSA) is 103 Å². The molecule has 0 bridgehead atoms. The first-order valence-electron chi connectivity index (χ1n) is 8.49. The summed E-state index contributed by atoms with van der Waals surface area (Å²) in [5.74, 6) is -1.85. The van der Waals surface area contributed by atoms with Crippen molar-refractivity contribution in [1.82, 2.24) is 0 Å². The summed E-state index contributed by atoms with van der Waals surface area (Å²) in [5, 5.41) is 7.53. The number of carbonyl (C=O) groups is 1. The van der Waals surface area contributed by atoms with Crippen molar-refractivity contribution in [1.29, 1.82) is 0 Å². The molecule has 0 heterocycles. The van der Waals surface area contributed by atoms with Gasteiger partial charge in [0.1, 0.15) is 12.2 Å². The lowest BCUT2D eigenvalue weighted by atomic mass is 9.95. The Morgan fingerprint density at radius 3 is 2.62 bits per heavy atom. The van der Waals surface area contributed by atoms with E-state index >= 15 is 0 Å². The number of primary amides is 1. The zero-order valence-corrected chi connectivity index (χ0v) is 15.3. The summed E-state index contributed by atoms with van der Waals surface area (Å²) >= 11 is 0. The maximum Gasteiger partial charge on any atom is 0.223 e. The van der Waals surface area contributed by atoms with Crippen molar-refractivity contribution < 1.29 is 18.3 Å². The second kappa shape index (κ2) is 10.5. The molecule has 1 rings (SSSR count). The Balaban J connectivity index is 2.76. The van der Waals surface area contributed by atoms with Crippen molar-refractivity contribution in [2.24, 2.45) is 27.6 Å². The van der Waals surface area contributed by atoms with Crippen LogP contribution in [0.15, 0.2) is 22.3 Å². The summed E-state index contributed by atoms with van der Waals surface area (Å²) in [7, 11) is 0. The fourth-order valence-electron chi connectivity index (χ4n) is 2.45. The second-order valence-corrected chi connectivity index (χ2v) is 6.11. The number of halogens is 2. The average molecular weight is 368 g/mol. The molecular weight excluding hydrogens is 342 g/mol. The molecule has 0 radical (unpaired) electrons. The number of hydrogen-bond donors (Lipinski definition) is 2. The number of hydrogen-bond acceptors (Lipinski definition) is 4. The van der Waals surface area contributed by atoms with E-state index in [0.717, 1.165) is 6.34 Å². The lowest BCUT2D eigenvalue weighted by molar-refractivity contribution is -0.116. The largest absolute Gasteiger partial charge is 0.487 e. The third kappa shape index (κ3) is 6.42. The van der Waals surface area contributed by atoms with Gasteiger partial charge in [-0.2, -0.15) is 5.10 Å². The van der Waals surface area contributed by atoms with Gasteiger partial charge in [-0.15, -0.1) is 5.10 Å². The highest BCUT2D eigenvalue weighted by Crippen LogP contribution is 2.25. The Kier molecular flexibility index (Phi) is 8.67. The molecule has 1 aromatic carbocycles. The Bertz CT molecular complexity index is 677. The van der Waals surface area contributed by atoms with Crippen LogP contribution in [-0.2, 0) is 4.79 Å². The highest BCUT2D eigenvalue weighted by molar-refractivity contribution is 6.01. The van der Waals surface area contributed by atoms with E-state index in [1.807, 2.05) is 13.8 Å². The molecule has 0 saturated heterocycles. The zero-order chi connectivity index (χ0) is 19.7. The van der Waals surface area contributed by atoms with Gasteiger partial charge in [0, 0.05) is 5.56 Å². The van der Waals surface area contributed by atoms with E-state index in [-0.39, 0.29) is 29.8 Å². The molecule has 1 amide bonds. The average Bonchev–Trinajstić information content (AvgIpc) is 2.61. The van der Waals surface area contributed by atoms with Crippen molar-refractivity contribution in [3.63, 3.8) is 0 Å². The minimum atomic E-state index is -0.690. The summed E-state index contributed by atoms with van der Waals surface area (Å²) in [6.45, 7) is 5.18. The van der Waals surface area contributed by atoms with Gasteiger partial charge in [-0.05, 0) is 44.2 Å². The SMILES string of the molecule is CCC(CCC(C)/C(CC(N)=O)=N/N=C/N)Oc1ccc(F)c(C)c1F. The maximum atomic E-state index is 14.1. The fraction of sp³-hybridized carbons (Fsp3) is 0.500. The van der Waals surface area contributed by atoms with Gasteiger partial charge in [0.15, 0.2) is 11.6 Å². The Hall–Kier alpha value is -2.51. The predicted octanol–water partition coefficient (Wildman–Crippen LogP) is 3.07. The lowest BCUT2D eigenvalue weighted by Crippen LogP contribution is -2.23. The number of carbonyl (C=O) groups excluding carboxylic acids is 1. The van der Waals surface area contributed by atoms with E-state index in [2.05, 4.69) is 10.2 Å². The molecule has 0 spiro atoms. The molecule has 0 aliphatic rings. The van der Waals surface area contributed by atoms with E-state index < -0.39 is 17.5 Å². The zero-order valence-electron chi connectivity index (χ0n) is 15.3. The van der Waals surface area contributed by atoms with Gasteiger partial charge < -0.3 is 16.2 Å². The minimum Gasteiger partial charge on any atom is -0.487 e. The van der Waals surface area contributed by atoms with Crippen molar-refractivity contribution in [3.8, 4) is 5.75 Å². The summed E-state index contributed by atoms with van der Waals surface area (Å²) in [4.78, 5) is 11.2. The first-order chi connectivity index (χ1) is 12.3. The van der Waals surface area contributed by atoms with E-state index in [1.54, 1.807) is 0 Å². The van der Waals surface area contributed by atoms with Crippen molar-refractivity contribution in [2.75, 3.05) is 0 Å². The Morgan fingerprint density at radius 2 is 2.04 bits per heavy atom. The van der Waals surface area contributed by atoms with Gasteiger partial charge in [0.2, 0.25) is 5.91 Å². The molecule has 1 aromatic rings. The lowest BCUT2D eigenvalue weighted by Gasteiger charge is -2.21. The molecule has 2 unspecified atom stereocenters. The number of benzene rings is 1. The number of nitrogens with zero attached hydrogens (tertiary/aromatic N) is 2. The summed E-state index contributed by atoms with van der Waals surface area (Å²) in [6.07, 6.45) is 2.63. The van der Waals surface area contributed by atoms with E-state index in [1.165, 1.54) is 19.1 Å². The first kappa shape index (κ1) is 21.5. The molecule has 144 valence electrons. The highest BCUT2D eigenvalue weighted by atomic mass is 19.1. The smallest absolute Gasteiger partial charge is 0.223 e. The van der Waals surface area contributed by atoms with Crippen LogP contribution < -0.4 is 16.2 Å². The molecule has 8 heteroatoms. The van der Waals surface area contributed by atoms with Crippen LogP contribution in [0.3, 0.4) is 0 Å². The van der Waals surface area contributed by atoms with Crippen LogP contribution in [0.2, 0.25) is 0 Å². The first-order valence-corrected chi connectivity index (χ1v) is 8.49. The van der Waals surface area contributed by atoms with Crippen molar-refractivity contribution in [2.45, 2.75) is 52.6 Å². The van der Waals surface area contributed by atoms with Crippen LogP contribution in [0.5, 0.6) is 5.75 Å². The summed E-state index contributed by atoms with van der Waals surface area (Å²) in [5.41, 5.74) is 10.9. The van der Waals surface area contributed by atoms with Crippen LogP contribution >= 0.6 is 0 Å². The molecule has 4 N–H and O–H groups in total. The standard InChI is InChI=1S/C18H26F2N4O2/c1-4-13(26-16-8-7-14(19)12(3)18(16)20)6-5-11(2)15(9-17(22)25)24-23-10-21/h7-8,10-11,13H,4-6,9H2,1-3H3,(H2,21,23)(H2,22,25)/b24-15+. The van der Waals surface area contributed by atoms with Crippen molar-refractivity contribution >= 4 is 18.0 Å². The van der Waals surface area contributed by atoms with Crippen LogP contribution in [-0.4, -0.2) is 24.1 Å². The number of ether oxygens (including phenoxy) is 1. The quantitative estimate of drug-likeness (QED) is 0.377. The maximum absolute atomic E-state index is 14.1. The predicted molar refractivity (Wildman–Crippen MR) is 98.1 cm³/mol. The van der Waals surface area contributed by atoms with Crippen LogP contribution in [0.25, 0.3) is 0 Å². The van der Waals surface area contributed by atoms with Crippen LogP contribution in [0.4, 0.5) is 8.78 Å². The minimum absolute atomic E-state index is 0.0120. The normalized spacial score (nSPS) is 14.4. The molecule has 2 atom stereocenters. The van der Waals surface area contributed by atoms with Crippen LogP contribution in [0, 0.1) is 24.5 Å². The molecule has 26 heavy (non-hydrogen) atoms. The number of nitrogens with two attached hydrogens (primary N) is 2. The Morgan fingerprint density at radius 1 is 1.35 bits per heavy atom. The summed E-state index contributed by atoms with van der Waals surface area (Å²) in [6, 6.07) is 2.48.